The number of rotatable bonds is 5. The molecule has 118 valence electrons. The van der Waals surface area contributed by atoms with Crippen molar-refractivity contribution in [2.24, 2.45) is 0 Å². The summed E-state index contributed by atoms with van der Waals surface area (Å²) in [6.45, 7) is 2.00. The van der Waals surface area contributed by atoms with E-state index in [-0.39, 0.29) is 10.6 Å². The Morgan fingerprint density at radius 1 is 1.05 bits per heavy atom. The highest BCUT2D eigenvalue weighted by molar-refractivity contribution is 7.94. The van der Waals surface area contributed by atoms with Crippen LogP contribution in [0.4, 0.5) is 5.69 Å². The van der Waals surface area contributed by atoms with Crippen LogP contribution in [0.1, 0.15) is 19.3 Å². The quantitative estimate of drug-likeness (QED) is 0.473. The van der Waals surface area contributed by atoms with Gasteiger partial charge in [0.1, 0.15) is 0 Å². The molecule has 1 heterocycles. The largest absolute Gasteiger partial charge is 0.377 e. The van der Waals surface area contributed by atoms with Crippen molar-refractivity contribution in [3.05, 3.63) is 58.1 Å². The number of piperidine rings is 1. The zero-order valence-electron chi connectivity index (χ0n) is 12.1. The second kappa shape index (κ2) is 7.22. The predicted octanol–water partition coefficient (Wildman–Crippen LogP) is 2.88. The average molecular weight is 322 g/mol. The summed E-state index contributed by atoms with van der Waals surface area (Å²) in [5.41, 5.74) is -0.132. The topological polar surface area (TPSA) is 80.5 Å². The molecule has 1 fully saturated rings. The molecule has 0 radical (unpaired) electrons. The summed E-state index contributed by atoms with van der Waals surface area (Å²) in [4.78, 5) is 12.2. The Morgan fingerprint density at radius 2 is 1.68 bits per heavy atom. The summed E-state index contributed by atoms with van der Waals surface area (Å²) in [5.74, 6) is 0. The Morgan fingerprint density at radius 3 is 2.27 bits per heavy atom. The fourth-order valence-electron chi connectivity index (χ4n) is 2.22. The molecule has 22 heavy (non-hydrogen) atoms. The Kier molecular flexibility index (Phi) is 5.32. The Labute approximate surface area is 129 Å². The van der Waals surface area contributed by atoms with Crippen molar-refractivity contribution in [2.75, 3.05) is 13.1 Å². The molecule has 1 aliphatic heterocycles. The van der Waals surface area contributed by atoms with Gasteiger partial charge in [-0.1, -0.05) is 0 Å². The molecular formula is C15H18N2O4S. The first-order valence-corrected chi connectivity index (χ1v) is 8.62. The predicted molar refractivity (Wildman–Crippen MR) is 84.0 cm³/mol. The molecule has 1 aromatic carbocycles. The van der Waals surface area contributed by atoms with Crippen molar-refractivity contribution in [2.45, 2.75) is 24.2 Å². The van der Waals surface area contributed by atoms with Crippen LogP contribution in [0.3, 0.4) is 0 Å². The number of hydrogen-bond donors (Lipinski definition) is 0. The Bertz CT molecular complexity index is 672. The highest BCUT2D eigenvalue weighted by Crippen LogP contribution is 2.17. The number of nitrogens with zero attached hydrogens (tertiary/aromatic N) is 2. The summed E-state index contributed by atoms with van der Waals surface area (Å²) in [5, 5.41) is 11.7. The molecule has 6 nitrogen and oxygen atoms in total. The van der Waals surface area contributed by atoms with Gasteiger partial charge >= 0.3 is 0 Å². The Hall–Kier alpha value is -2.15. The molecule has 0 aromatic heterocycles. The zero-order valence-corrected chi connectivity index (χ0v) is 12.9. The third kappa shape index (κ3) is 4.42. The number of likely N-dealkylation sites (tertiary alicyclic amines) is 1. The molecular weight excluding hydrogens is 304 g/mol. The van der Waals surface area contributed by atoms with Crippen LogP contribution in [-0.4, -0.2) is 31.3 Å². The summed E-state index contributed by atoms with van der Waals surface area (Å²) < 4.78 is 24.1. The zero-order chi connectivity index (χ0) is 16.0. The first-order chi connectivity index (χ1) is 10.5. The molecule has 0 N–H and O–H groups in total. The molecule has 0 aliphatic carbocycles. The maximum Gasteiger partial charge on any atom is 0.269 e. The monoisotopic (exact) mass is 322 g/mol. The Balaban J connectivity index is 2.01. The molecule has 1 aromatic rings. The van der Waals surface area contributed by atoms with Gasteiger partial charge in [-0.05, 0) is 49.7 Å². The van der Waals surface area contributed by atoms with Gasteiger partial charge in [0.25, 0.3) is 5.69 Å². The number of sulfone groups is 1. The lowest BCUT2D eigenvalue weighted by Crippen LogP contribution is -2.23. The standard InChI is InChI=1S/C15H18N2O4S/c18-17(19)14-6-8-15(9-7-14)22(20,21)13-5-4-12-16-10-2-1-3-11-16/h4-9,12-13H,1-3,10-11H2. The summed E-state index contributed by atoms with van der Waals surface area (Å²) in [7, 11) is -3.58. The molecule has 1 aliphatic rings. The fraction of sp³-hybridized carbons (Fsp3) is 0.333. The van der Waals surface area contributed by atoms with E-state index in [2.05, 4.69) is 4.90 Å². The van der Waals surface area contributed by atoms with Crippen molar-refractivity contribution < 1.29 is 13.3 Å². The molecule has 0 spiro atoms. The van der Waals surface area contributed by atoms with Gasteiger partial charge in [0, 0.05) is 30.6 Å². The van der Waals surface area contributed by atoms with Crippen molar-refractivity contribution >= 4 is 15.5 Å². The summed E-state index contributed by atoms with van der Waals surface area (Å²) in [6.07, 6.45) is 8.64. The van der Waals surface area contributed by atoms with Crippen molar-refractivity contribution in [1.29, 1.82) is 0 Å². The minimum Gasteiger partial charge on any atom is -0.377 e. The molecule has 0 amide bonds. The van der Waals surface area contributed by atoms with Gasteiger partial charge in [-0.15, -0.1) is 0 Å². The molecule has 2 rings (SSSR count). The van der Waals surface area contributed by atoms with Crippen LogP contribution >= 0.6 is 0 Å². The minimum absolute atomic E-state index is 0.0423. The molecule has 7 heteroatoms. The lowest BCUT2D eigenvalue weighted by Gasteiger charge is -2.24. The number of nitro groups is 1. The second-order valence-corrected chi connectivity index (χ2v) is 6.90. The van der Waals surface area contributed by atoms with Gasteiger partial charge in [-0.2, -0.15) is 0 Å². The molecule has 1 saturated heterocycles. The van der Waals surface area contributed by atoms with E-state index in [1.165, 1.54) is 36.8 Å². The number of hydrogen-bond acceptors (Lipinski definition) is 5. The smallest absolute Gasteiger partial charge is 0.269 e. The van der Waals surface area contributed by atoms with Gasteiger partial charge in [0.05, 0.1) is 9.82 Å². The summed E-state index contributed by atoms with van der Waals surface area (Å²) in [6, 6.07) is 4.85. The number of non-ortho nitro benzene ring substituents is 1. The minimum atomic E-state index is -3.58. The first kappa shape index (κ1) is 16.2. The molecule has 0 unspecified atom stereocenters. The SMILES string of the molecule is O=[N+]([O-])c1ccc(S(=O)(=O)C=CC=CN2CCCCC2)cc1. The van der Waals surface area contributed by atoms with Gasteiger partial charge in [-0.3, -0.25) is 10.1 Å². The van der Waals surface area contributed by atoms with Crippen LogP contribution in [0.25, 0.3) is 0 Å². The van der Waals surface area contributed by atoms with E-state index in [9.17, 15) is 18.5 Å². The number of benzene rings is 1. The molecule has 0 bridgehead atoms. The maximum atomic E-state index is 12.1. The van der Waals surface area contributed by atoms with Gasteiger partial charge < -0.3 is 4.90 Å². The molecule has 0 atom stereocenters. The summed E-state index contributed by atoms with van der Waals surface area (Å²) >= 11 is 0. The van der Waals surface area contributed by atoms with Gasteiger partial charge in [0.2, 0.25) is 0 Å². The van der Waals surface area contributed by atoms with E-state index in [0.29, 0.717) is 0 Å². The lowest BCUT2D eigenvalue weighted by atomic mass is 10.1. The average Bonchev–Trinajstić information content (AvgIpc) is 2.53. The van der Waals surface area contributed by atoms with Crippen LogP contribution in [0.5, 0.6) is 0 Å². The van der Waals surface area contributed by atoms with E-state index < -0.39 is 14.8 Å². The number of nitro benzene ring substituents is 1. The van der Waals surface area contributed by atoms with Gasteiger partial charge in [0.15, 0.2) is 9.84 Å². The van der Waals surface area contributed by atoms with E-state index >= 15 is 0 Å². The van der Waals surface area contributed by atoms with Crippen molar-refractivity contribution in [3.63, 3.8) is 0 Å². The van der Waals surface area contributed by atoms with Crippen LogP contribution in [0, 0.1) is 10.1 Å². The van der Waals surface area contributed by atoms with E-state index in [4.69, 9.17) is 0 Å². The highest BCUT2D eigenvalue weighted by Gasteiger charge is 2.12. The molecule has 0 saturated carbocycles. The van der Waals surface area contributed by atoms with Crippen molar-refractivity contribution in [3.8, 4) is 0 Å². The third-order valence-corrected chi connectivity index (χ3v) is 4.88. The normalized spacial score (nSPS) is 16.5. The lowest BCUT2D eigenvalue weighted by molar-refractivity contribution is -0.384. The van der Waals surface area contributed by atoms with Crippen LogP contribution in [0.15, 0.2) is 52.9 Å². The first-order valence-electron chi connectivity index (χ1n) is 7.07. The van der Waals surface area contributed by atoms with Crippen molar-refractivity contribution in [1.82, 2.24) is 4.90 Å². The maximum absolute atomic E-state index is 12.1. The third-order valence-electron chi connectivity index (χ3n) is 3.43. The van der Waals surface area contributed by atoms with Crippen LogP contribution < -0.4 is 0 Å². The number of allylic oxidation sites excluding steroid dienone is 2. The van der Waals surface area contributed by atoms with Crippen LogP contribution in [-0.2, 0) is 9.84 Å². The van der Waals surface area contributed by atoms with Gasteiger partial charge in [-0.25, -0.2) is 8.42 Å². The fourth-order valence-corrected chi connectivity index (χ4v) is 3.19. The highest BCUT2D eigenvalue weighted by atomic mass is 32.2. The van der Waals surface area contributed by atoms with E-state index in [0.717, 1.165) is 31.3 Å². The van der Waals surface area contributed by atoms with E-state index in [1.807, 2.05) is 6.20 Å². The van der Waals surface area contributed by atoms with E-state index in [1.54, 1.807) is 6.08 Å². The second-order valence-electron chi connectivity index (χ2n) is 5.06. The van der Waals surface area contributed by atoms with Crippen LogP contribution in [0.2, 0.25) is 0 Å².